The highest BCUT2D eigenvalue weighted by Gasteiger charge is 2.36. The quantitative estimate of drug-likeness (QED) is 0.130. The number of fused-ring (bicyclic) bond motifs is 2. The number of hydrogen-bond acceptors (Lipinski definition) is 7. The van der Waals surface area contributed by atoms with Gasteiger partial charge in [-0.3, -0.25) is 9.36 Å². The third-order valence-corrected chi connectivity index (χ3v) is 9.19. The van der Waals surface area contributed by atoms with Crippen molar-refractivity contribution in [1.29, 1.82) is 0 Å². The molecule has 10 heteroatoms. The molecule has 0 aliphatic carbocycles. The van der Waals surface area contributed by atoms with Gasteiger partial charge in [0.05, 0.1) is 36.7 Å². The molecule has 1 aromatic heterocycles. The zero-order valence-electron chi connectivity index (χ0n) is 22.6. The number of carbonyl (C=O) groups is 1. The second-order valence-corrected chi connectivity index (χ2v) is 12.5. The van der Waals surface area contributed by atoms with Crippen molar-refractivity contribution in [1.82, 2.24) is 4.57 Å². The fourth-order valence-electron chi connectivity index (χ4n) is 4.89. The van der Waals surface area contributed by atoms with Gasteiger partial charge < -0.3 is 14.2 Å². The summed E-state index contributed by atoms with van der Waals surface area (Å²) in [4.78, 5) is 32.8. The molecular weight excluding hydrogens is 766 g/mol. The Morgan fingerprint density at radius 1 is 1.17 bits per heavy atom. The number of carbonyl (C=O) groups excluding carboxylic acids is 1. The Morgan fingerprint density at radius 2 is 1.90 bits per heavy atom. The van der Waals surface area contributed by atoms with Crippen molar-refractivity contribution >= 4 is 79.3 Å². The van der Waals surface area contributed by atoms with Crippen molar-refractivity contribution in [3.8, 4) is 11.5 Å². The number of halogens is 2. The number of benzene rings is 3. The Bertz CT molecular complexity index is 1880. The summed E-state index contributed by atoms with van der Waals surface area (Å²) in [5, 5.41) is 1.84. The Morgan fingerprint density at radius 3 is 2.59 bits per heavy atom. The van der Waals surface area contributed by atoms with Crippen LogP contribution in [0.3, 0.4) is 0 Å². The van der Waals surface area contributed by atoms with Gasteiger partial charge in [-0.05, 0) is 99.6 Å². The molecule has 0 fully saturated rings. The Hall–Kier alpha value is -2.97. The zero-order valence-corrected chi connectivity index (χ0v) is 27.7. The highest BCUT2D eigenvalue weighted by atomic mass is 127. The lowest BCUT2D eigenvalue weighted by Crippen LogP contribution is -2.40. The Balaban J connectivity index is 1.77. The summed E-state index contributed by atoms with van der Waals surface area (Å²) < 4.78 is 21.0. The smallest absolute Gasteiger partial charge is 0.338 e. The maximum atomic E-state index is 14.2. The summed E-state index contributed by atoms with van der Waals surface area (Å²) in [6.07, 6.45) is 3.56. The second kappa shape index (κ2) is 12.5. The maximum Gasteiger partial charge on any atom is 0.338 e. The first kappa shape index (κ1) is 29.5. The van der Waals surface area contributed by atoms with Crippen molar-refractivity contribution < 1.29 is 19.0 Å². The summed E-state index contributed by atoms with van der Waals surface area (Å²) in [5.41, 5.74) is 2.14. The standard InChI is InChI=1S/C31H26I2N2O5S/c1-5-13-40-28-21(32)14-18(15-22(28)33)16-24-29(36)35-27(25(30(37)39-6-2)17(3)34-31(35)41-24)26-20-10-8-7-9-19(20)11-12-23(26)38-4/h5,7-12,14-16,27H,1,6,13H2,2-4H3/b24-16+/t27-/m0/s1. The summed E-state index contributed by atoms with van der Waals surface area (Å²) in [7, 11) is 1.59. The SMILES string of the molecule is C=CCOc1c(I)cc(/C=c2/sc3n(c2=O)[C@H](c2c(OC)ccc4ccccc24)C(C(=O)OCC)=C(C)N=3)cc1I. The van der Waals surface area contributed by atoms with Gasteiger partial charge in [0.2, 0.25) is 0 Å². The minimum Gasteiger partial charge on any atom is -0.496 e. The average Bonchev–Trinajstić information content (AvgIpc) is 3.25. The third kappa shape index (κ3) is 5.61. The van der Waals surface area contributed by atoms with E-state index in [2.05, 4.69) is 51.8 Å². The fourth-order valence-corrected chi connectivity index (χ4v) is 8.07. The van der Waals surface area contributed by atoms with Crippen LogP contribution >= 0.6 is 56.5 Å². The molecule has 1 atom stereocenters. The summed E-state index contributed by atoms with van der Waals surface area (Å²) in [6, 6.07) is 14.8. The van der Waals surface area contributed by atoms with E-state index < -0.39 is 12.0 Å². The van der Waals surface area contributed by atoms with Crippen LogP contribution in [0.1, 0.15) is 31.0 Å². The van der Waals surface area contributed by atoms with Gasteiger partial charge in [-0.25, -0.2) is 9.79 Å². The summed E-state index contributed by atoms with van der Waals surface area (Å²) in [5.74, 6) is 0.837. The largest absolute Gasteiger partial charge is 0.496 e. The fraction of sp³-hybridized carbons (Fsp3) is 0.194. The van der Waals surface area contributed by atoms with Gasteiger partial charge in [0.1, 0.15) is 24.1 Å². The second-order valence-electron chi connectivity index (χ2n) is 9.12. The molecule has 210 valence electrons. The molecule has 0 saturated heterocycles. The van der Waals surface area contributed by atoms with E-state index in [1.54, 1.807) is 31.6 Å². The number of allylic oxidation sites excluding steroid dienone is 1. The van der Waals surface area contributed by atoms with Crippen LogP contribution in [0.15, 0.2) is 82.2 Å². The van der Waals surface area contributed by atoms with Crippen LogP contribution in [-0.2, 0) is 9.53 Å². The molecule has 4 aromatic rings. The molecule has 2 heterocycles. The number of thiazole rings is 1. The van der Waals surface area contributed by atoms with Crippen LogP contribution < -0.4 is 24.4 Å². The minimum atomic E-state index is -0.788. The van der Waals surface area contributed by atoms with Gasteiger partial charge in [-0.2, -0.15) is 0 Å². The van der Waals surface area contributed by atoms with Crippen molar-refractivity contribution in [2.45, 2.75) is 19.9 Å². The van der Waals surface area contributed by atoms with E-state index >= 15 is 0 Å². The predicted molar refractivity (Wildman–Crippen MR) is 178 cm³/mol. The molecular formula is C31H26I2N2O5S. The monoisotopic (exact) mass is 792 g/mol. The molecule has 0 spiro atoms. The number of hydrogen-bond donors (Lipinski definition) is 0. The van der Waals surface area contributed by atoms with E-state index in [9.17, 15) is 9.59 Å². The number of methoxy groups -OCH3 is 1. The zero-order chi connectivity index (χ0) is 29.3. The summed E-state index contributed by atoms with van der Waals surface area (Å²) >= 11 is 5.75. The normalized spacial score (nSPS) is 15.0. The van der Waals surface area contributed by atoms with Crippen LogP contribution in [0.2, 0.25) is 0 Å². The van der Waals surface area contributed by atoms with Crippen LogP contribution in [0.5, 0.6) is 11.5 Å². The van der Waals surface area contributed by atoms with Gasteiger partial charge in [0.15, 0.2) is 4.80 Å². The van der Waals surface area contributed by atoms with Gasteiger partial charge in [0.25, 0.3) is 5.56 Å². The van der Waals surface area contributed by atoms with Crippen molar-refractivity contribution in [3.63, 3.8) is 0 Å². The molecule has 0 N–H and O–H groups in total. The first-order chi connectivity index (χ1) is 19.8. The van der Waals surface area contributed by atoms with Crippen LogP contribution in [0.25, 0.3) is 16.8 Å². The van der Waals surface area contributed by atoms with Gasteiger partial charge in [-0.15, -0.1) is 0 Å². The van der Waals surface area contributed by atoms with Crippen molar-refractivity contribution in [2.24, 2.45) is 4.99 Å². The lowest BCUT2D eigenvalue weighted by atomic mass is 9.90. The van der Waals surface area contributed by atoms with Gasteiger partial charge in [-0.1, -0.05) is 54.3 Å². The minimum absolute atomic E-state index is 0.198. The molecule has 0 bridgehead atoms. The van der Waals surface area contributed by atoms with E-state index in [1.807, 2.05) is 54.6 Å². The van der Waals surface area contributed by atoms with E-state index in [0.717, 1.165) is 29.2 Å². The first-order valence-corrected chi connectivity index (χ1v) is 15.7. The average molecular weight is 792 g/mol. The van der Waals surface area contributed by atoms with E-state index in [0.29, 0.717) is 38.5 Å². The molecule has 0 saturated carbocycles. The van der Waals surface area contributed by atoms with Crippen molar-refractivity contribution in [2.75, 3.05) is 20.3 Å². The molecule has 0 amide bonds. The van der Waals surface area contributed by atoms with Gasteiger partial charge in [0, 0.05) is 5.56 Å². The van der Waals surface area contributed by atoms with Crippen molar-refractivity contribution in [3.05, 3.63) is 110 Å². The molecule has 0 radical (unpaired) electrons. The number of esters is 1. The van der Waals surface area contributed by atoms with Crippen LogP contribution in [0, 0.1) is 7.14 Å². The Labute approximate surface area is 268 Å². The van der Waals surface area contributed by atoms with Crippen LogP contribution in [0.4, 0.5) is 0 Å². The topological polar surface area (TPSA) is 79.1 Å². The van der Waals surface area contributed by atoms with E-state index in [-0.39, 0.29) is 12.2 Å². The predicted octanol–water partition coefficient (Wildman–Crippen LogP) is 5.73. The van der Waals surface area contributed by atoms with E-state index in [4.69, 9.17) is 19.2 Å². The lowest BCUT2D eigenvalue weighted by Gasteiger charge is -2.27. The third-order valence-electron chi connectivity index (χ3n) is 6.60. The number of rotatable bonds is 8. The molecule has 3 aromatic carbocycles. The maximum absolute atomic E-state index is 14.2. The number of aromatic nitrogens is 1. The molecule has 5 rings (SSSR count). The van der Waals surface area contributed by atoms with Gasteiger partial charge >= 0.3 is 5.97 Å². The first-order valence-electron chi connectivity index (χ1n) is 12.8. The molecule has 41 heavy (non-hydrogen) atoms. The number of nitrogens with zero attached hydrogens (tertiary/aromatic N) is 2. The lowest BCUT2D eigenvalue weighted by molar-refractivity contribution is -0.139. The highest BCUT2D eigenvalue weighted by molar-refractivity contribution is 14.1. The van der Waals surface area contributed by atoms with Crippen LogP contribution in [-0.4, -0.2) is 30.9 Å². The molecule has 1 aliphatic rings. The molecule has 0 unspecified atom stereocenters. The summed E-state index contributed by atoms with van der Waals surface area (Å²) in [6.45, 7) is 7.86. The van der Waals surface area contributed by atoms with E-state index in [1.165, 1.54) is 11.3 Å². The highest BCUT2D eigenvalue weighted by Crippen LogP contribution is 2.40. The molecule has 1 aliphatic heterocycles. The molecule has 7 nitrogen and oxygen atoms in total. The number of ether oxygens (including phenoxy) is 3. The Kier molecular flexibility index (Phi) is 9.00.